The van der Waals surface area contributed by atoms with Crippen molar-refractivity contribution in [3.05, 3.63) is 52.7 Å². The molecule has 1 aromatic carbocycles. The van der Waals surface area contributed by atoms with Crippen molar-refractivity contribution in [2.75, 3.05) is 0 Å². The average molecular weight is 256 g/mol. The topological polar surface area (TPSA) is 43.6 Å². The van der Waals surface area contributed by atoms with E-state index in [1.165, 1.54) is 0 Å². The average Bonchev–Trinajstić information content (AvgIpc) is 3.01. The largest absolute Gasteiger partial charge is 0.245 e. The number of benzene rings is 1. The lowest BCUT2D eigenvalue weighted by atomic mass is 10.2. The van der Waals surface area contributed by atoms with Crippen LogP contribution in [0.1, 0.15) is 10.7 Å². The highest BCUT2D eigenvalue weighted by Crippen LogP contribution is 2.14. The summed E-state index contributed by atoms with van der Waals surface area (Å²) in [4.78, 5) is 8.74. The molecule has 2 heterocycles. The molecular formula is C13H12N4S. The van der Waals surface area contributed by atoms with E-state index in [1.54, 1.807) is 17.7 Å². The van der Waals surface area contributed by atoms with Gasteiger partial charge in [-0.3, -0.25) is 0 Å². The minimum atomic E-state index is 0.679. The SMILES string of the molecule is Cc1csc(Cn2cnc(-c3ccccc3)n2)n1. The van der Waals surface area contributed by atoms with Crippen LogP contribution in [0.5, 0.6) is 0 Å². The summed E-state index contributed by atoms with van der Waals surface area (Å²) in [6, 6.07) is 9.97. The van der Waals surface area contributed by atoms with Gasteiger partial charge in [0.25, 0.3) is 0 Å². The number of aryl methyl sites for hydroxylation is 1. The molecule has 0 radical (unpaired) electrons. The number of rotatable bonds is 3. The molecule has 5 heteroatoms. The summed E-state index contributed by atoms with van der Waals surface area (Å²) in [6.45, 7) is 2.68. The Hall–Kier alpha value is -2.01. The van der Waals surface area contributed by atoms with Gasteiger partial charge < -0.3 is 0 Å². The molecule has 0 bridgehead atoms. The van der Waals surface area contributed by atoms with Gasteiger partial charge in [0, 0.05) is 16.6 Å². The van der Waals surface area contributed by atoms with Gasteiger partial charge >= 0.3 is 0 Å². The van der Waals surface area contributed by atoms with Crippen molar-refractivity contribution in [2.45, 2.75) is 13.5 Å². The molecule has 0 unspecified atom stereocenters. The monoisotopic (exact) mass is 256 g/mol. The van der Waals surface area contributed by atoms with Crippen LogP contribution in [-0.2, 0) is 6.54 Å². The predicted octanol–water partition coefficient (Wildman–Crippen LogP) is 2.76. The molecule has 0 aliphatic carbocycles. The maximum Gasteiger partial charge on any atom is 0.181 e. The number of thiazole rings is 1. The van der Waals surface area contributed by atoms with Crippen LogP contribution in [0.15, 0.2) is 42.0 Å². The zero-order chi connectivity index (χ0) is 12.4. The van der Waals surface area contributed by atoms with Crippen molar-refractivity contribution in [1.29, 1.82) is 0 Å². The van der Waals surface area contributed by atoms with Gasteiger partial charge in [0.2, 0.25) is 0 Å². The molecule has 0 fully saturated rings. The number of hydrogen-bond donors (Lipinski definition) is 0. The number of hydrogen-bond acceptors (Lipinski definition) is 4. The molecule has 0 saturated carbocycles. The van der Waals surface area contributed by atoms with Crippen molar-refractivity contribution in [1.82, 2.24) is 19.7 Å². The molecule has 3 rings (SSSR count). The Labute approximate surface area is 109 Å². The fourth-order valence-corrected chi connectivity index (χ4v) is 2.47. The minimum absolute atomic E-state index is 0.679. The van der Waals surface area contributed by atoms with E-state index in [0.29, 0.717) is 6.54 Å². The smallest absolute Gasteiger partial charge is 0.181 e. The Kier molecular flexibility index (Phi) is 2.90. The second-order valence-corrected chi connectivity index (χ2v) is 4.96. The summed E-state index contributed by atoms with van der Waals surface area (Å²) in [5, 5.41) is 7.56. The van der Waals surface area contributed by atoms with Gasteiger partial charge in [-0.05, 0) is 6.92 Å². The maximum absolute atomic E-state index is 4.46. The summed E-state index contributed by atoms with van der Waals surface area (Å²) in [5.41, 5.74) is 2.09. The van der Waals surface area contributed by atoms with Crippen LogP contribution in [0, 0.1) is 6.92 Å². The Balaban J connectivity index is 1.82. The summed E-state index contributed by atoms with van der Waals surface area (Å²) in [7, 11) is 0. The normalized spacial score (nSPS) is 10.7. The third kappa shape index (κ3) is 2.31. The molecule has 0 N–H and O–H groups in total. The zero-order valence-electron chi connectivity index (χ0n) is 9.95. The lowest BCUT2D eigenvalue weighted by Gasteiger charge is -1.96. The van der Waals surface area contributed by atoms with Gasteiger partial charge in [-0.1, -0.05) is 30.3 Å². The molecule has 0 amide bonds. The first-order chi connectivity index (χ1) is 8.81. The Morgan fingerprint density at radius 3 is 2.78 bits per heavy atom. The lowest BCUT2D eigenvalue weighted by Crippen LogP contribution is -2.00. The molecule has 18 heavy (non-hydrogen) atoms. The fraction of sp³-hybridized carbons (Fsp3) is 0.154. The quantitative estimate of drug-likeness (QED) is 0.723. The van der Waals surface area contributed by atoms with Gasteiger partial charge in [0.05, 0.1) is 6.54 Å². The number of aromatic nitrogens is 4. The third-order valence-electron chi connectivity index (χ3n) is 2.53. The molecule has 0 aliphatic rings. The highest BCUT2D eigenvalue weighted by molar-refractivity contribution is 7.09. The molecule has 3 aromatic rings. The molecule has 2 aromatic heterocycles. The molecule has 4 nitrogen and oxygen atoms in total. The van der Waals surface area contributed by atoms with Gasteiger partial charge in [0.1, 0.15) is 11.3 Å². The highest BCUT2D eigenvalue weighted by Gasteiger charge is 2.05. The standard InChI is InChI=1S/C13H12N4S/c1-10-8-18-12(15-10)7-17-9-14-13(16-17)11-5-3-2-4-6-11/h2-6,8-9H,7H2,1H3. The maximum atomic E-state index is 4.46. The van der Waals surface area contributed by atoms with Crippen LogP contribution in [0.4, 0.5) is 0 Å². The third-order valence-corrected chi connectivity index (χ3v) is 3.48. The van der Waals surface area contributed by atoms with Gasteiger partial charge in [-0.25, -0.2) is 14.6 Å². The highest BCUT2D eigenvalue weighted by atomic mass is 32.1. The summed E-state index contributed by atoms with van der Waals surface area (Å²) >= 11 is 1.65. The number of nitrogens with zero attached hydrogens (tertiary/aromatic N) is 4. The van der Waals surface area contributed by atoms with Crippen LogP contribution in [-0.4, -0.2) is 19.7 Å². The van der Waals surface area contributed by atoms with Crippen LogP contribution < -0.4 is 0 Å². The summed E-state index contributed by atoms with van der Waals surface area (Å²) in [5.74, 6) is 0.754. The van der Waals surface area contributed by atoms with E-state index in [9.17, 15) is 0 Å². The van der Waals surface area contributed by atoms with E-state index >= 15 is 0 Å². The molecule has 0 atom stereocenters. The lowest BCUT2D eigenvalue weighted by molar-refractivity contribution is 0.682. The molecule has 0 aliphatic heterocycles. The summed E-state index contributed by atoms with van der Waals surface area (Å²) < 4.78 is 1.82. The molecule has 0 spiro atoms. The Morgan fingerprint density at radius 2 is 2.06 bits per heavy atom. The van der Waals surface area contributed by atoms with Crippen LogP contribution in [0.2, 0.25) is 0 Å². The summed E-state index contributed by atoms with van der Waals surface area (Å²) in [6.07, 6.45) is 1.75. The van der Waals surface area contributed by atoms with E-state index in [1.807, 2.05) is 47.3 Å². The van der Waals surface area contributed by atoms with E-state index < -0.39 is 0 Å². The van der Waals surface area contributed by atoms with E-state index in [-0.39, 0.29) is 0 Å². The second-order valence-electron chi connectivity index (χ2n) is 4.01. The van der Waals surface area contributed by atoms with Gasteiger partial charge in [0.15, 0.2) is 5.82 Å². The van der Waals surface area contributed by atoms with Crippen LogP contribution >= 0.6 is 11.3 Å². The second kappa shape index (κ2) is 4.70. The zero-order valence-corrected chi connectivity index (χ0v) is 10.8. The Morgan fingerprint density at radius 1 is 1.22 bits per heavy atom. The first-order valence-electron chi connectivity index (χ1n) is 5.67. The van der Waals surface area contributed by atoms with Gasteiger partial charge in [-0.2, -0.15) is 5.10 Å². The van der Waals surface area contributed by atoms with Gasteiger partial charge in [-0.15, -0.1) is 11.3 Å². The van der Waals surface area contributed by atoms with Crippen molar-refractivity contribution < 1.29 is 0 Å². The van der Waals surface area contributed by atoms with E-state index in [0.717, 1.165) is 22.1 Å². The van der Waals surface area contributed by atoms with Crippen LogP contribution in [0.3, 0.4) is 0 Å². The van der Waals surface area contributed by atoms with Crippen molar-refractivity contribution in [2.24, 2.45) is 0 Å². The van der Waals surface area contributed by atoms with E-state index in [2.05, 4.69) is 15.1 Å². The molecular weight excluding hydrogens is 244 g/mol. The van der Waals surface area contributed by atoms with E-state index in [4.69, 9.17) is 0 Å². The Bertz CT molecular complexity index is 642. The van der Waals surface area contributed by atoms with Crippen molar-refractivity contribution >= 4 is 11.3 Å². The molecule has 0 saturated heterocycles. The van der Waals surface area contributed by atoms with Crippen molar-refractivity contribution in [3.8, 4) is 11.4 Å². The van der Waals surface area contributed by atoms with Crippen molar-refractivity contribution in [3.63, 3.8) is 0 Å². The first-order valence-corrected chi connectivity index (χ1v) is 6.55. The minimum Gasteiger partial charge on any atom is -0.245 e. The predicted molar refractivity (Wildman–Crippen MR) is 71.4 cm³/mol. The first kappa shape index (κ1) is 11.1. The molecule has 90 valence electrons. The fourth-order valence-electron chi connectivity index (χ4n) is 1.70. The van der Waals surface area contributed by atoms with Crippen LogP contribution in [0.25, 0.3) is 11.4 Å².